The van der Waals surface area contributed by atoms with Crippen LogP contribution in [0, 0.1) is 13.8 Å². The molecule has 1 atom stereocenters. The van der Waals surface area contributed by atoms with Gasteiger partial charge in [0.15, 0.2) is 0 Å². The average molecular weight is 325 g/mol. The van der Waals surface area contributed by atoms with Crippen LogP contribution in [-0.2, 0) is 14.3 Å². The molecule has 0 bridgehead atoms. The van der Waals surface area contributed by atoms with Crippen LogP contribution in [0.5, 0.6) is 0 Å². The summed E-state index contributed by atoms with van der Waals surface area (Å²) in [5, 5.41) is 0. The molecule has 1 aromatic rings. The highest BCUT2D eigenvalue weighted by Crippen LogP contribution is 2.27. The molecular weight excluding hydrogens is 302 g/mol. The van der Waals surface area contributed by atoms with E-state index in [2.05, 4.69) is 5.43 Å². The SMILES string of the molecule is CCOC(=O)c1c(C(=O)OCC)c(C)n(C(C)C(=O)NN)c1C. The summed E-state index contributed by atoms with van der Waals surface area (Å²) in [6.07, 6.45) is 0. The molecule has 128 valence electrons. The van der Waals surface area contributed by atoms with Gasteiger partial charge in [-0.2, -0.15) is 0 Å². The lowest BCUT2D eigenvalue weighted by atomic mass is 10.1. The predicted molar refractivity (Wildman–Crippen MR) is 82.9 cm³/mol. The molecule has 0 saturated carbocycles. The van der Waals surface area contributed by atoms with Crippen molar-refractivity contribution in [3.8, 4) is 0 Å². The lowest BCUT2D eigenvalue weighted by Gasteiger charge is -2.16. The van der Waals surface area contributed by atoms with Crippen molar-refractivity contribution < 1.29 is 23.9 Å². The van der Waals surface area contributed by atoms with E-state index >= 15 is 0 Å². The number of hydrogen-bond acceptors (Lipinski definition) is 6. The Morgan fingerprint density at radius 2 is 1.43 bits per heavy atom. The fourth-order valence-electron chi connectivity index (χ4n) is 2.58. The van der Waals surface area contributed by atoms with E-state index < -0.39 is 23.9 Å². The quantitative estimate of drug-likeness (QED) is 0.349. The monoisotopic (exact) mass is 325 g/mol. The van der Waals surface area contributed by atoms with Gasteiger partial charge >= 0.3 is 11.9 Å². The number of carbonyl (C=O) groups excluding carboxylic acids is 3. The smallest absolute Gasteiger partial charge is 0.340 e. The van der Waals surface area contributed by atoms with Gasteiger partial charge in [0.1, 0.15) is 6.04 Å². The summed E-state index contributed by atoms with van der Waals surface area (Å²) in [5.41, 5.74) is 3.17. The van der Waals surface area contributed by atoms with Crippen LogP contribution >= 0.6 is 0 Å². The van der Waals surface area contributed by atoms with Gasteiger partial charge in [0.25, 0.3) is 5.91 Å². The normalized spacial score (nSPS) is 11.7. The van der Waals surface area contributed by atoms with Gasteiger partial charge in [-0.1, -0.05) is 0 Å². The zero-order valence-electron chi connectivity index (χ0n) is 14.1. The second kappa shape index (κ2) is 7.77. The van der Waals surface area contributed by atoms with E-state index in [1.54, 1.807) is 39.2 Å². The summed E-state index contributed by atoms with van der Waals surface area (Å²) < 4.78 is 11.6. The third kappa shape index (κ3) is 3.53. The second-order valence-corrected chi connectivity index (χ2v) is 4.92. The molecule has 0 aliphatic carbocycles. The van der Waals surface area contributed by atoms with Crippen LogP contribution in [0.25, 0.3) is 0 Å². The van der Waals surface area contributed by atoms with Crippen LogP contribution in [0.1, 0.15) is 58.9 Å². The fourth-order valence-corrected chi connectivity index (χ4v) is 2.58. The summed E-state index contributed by atoms with van der Waals surface area (Å²) >= 11 is 0. The highest BCUT2D eigenvalue weighted by molar-refractivity contribution is 6.05. The van der Waals surface area contributed by atoms with E-state index in [-0.39, 0.29) is 24.3 Å². The molecule has 0 aliphatic heterocycles. The lowest BCUT2D eigenvalue weighted by Crippen LogP contribution is -2.36. The predicted octanol–water partition coefficient (Wildman–Crippen LogP) is 1.01. The van der Waals surface area contributed by atoms with Crippen molar-refractivity contribution in [3.63, 3.8) is 0 Å². The Bertz CT molecular complexity index is 580. The van der Waals surface area contributed by atoms with Crippen molar-refractivity contribution in [1.82, 2.24) is 9.99 Å². The maximum Gasteiger partial charge on any atom is 0.340 e. The number of amides is 1. The van der Waals surface area contributed by atoms with Crippen LogP contribution in [0.2, 0.25) is 0 Å². The van der Waals surface area contributed by atoms with Gasteiger partial charge in [-0.3, -0.25) is 10.2 Å². The number of nitrogens with one attached hydrogen (secondary N) is 1. The van der Waals surface area contributed by atoms with Crippen LogP contribution in [0.15, 0.2) is 0 Å². The summed E-state index contributed by atoms with van der Waals surface area (Å²) in [7, 11) is 0. The highest BCUT2D eigenvalue weighted by atomic mass is 16.5. The molecule has 0 aromatic carbocycles. The van der Waals surface area contributed by atoms with Gasteiger partial charge < -0.3 is 14.0 Å². The summed E-state index contributed by atoms with van der Waals surface area (Å²) in [6, 6.07) is -0.698. The molecule has 1 amide bonds. The zero-order valence-corrected chi connectivity index (χ0v) is 14.1. The van der Waals surface area contributed by atoms with Crippen LogP contribution in [0.4, 0.5) is 0 Å². The van der Waals surface area contributed by atoms with Crippen molar-refractivity contribution in [2.24, 2.45) is 5.84 Å². The number of rotatable bonds is 6. The van der Waals surface area contributed by atoms with Gasteiger partial charge in [-0.15, -0.1) is 0 Å². The van der Waals surface area contributed by atoms with E-state index in [1.165, 1.54) is 0 Å². The summed E-state index contributed by atoms with van der Waals surface area (Å²) in [4.78, 5) is 36.3. The Balaban J connectivity index is 3.57. The molecule has 0 fully saturated rings. The molecule has 8 nitrogen and oxygen atoms in total. The zero-order chi connectivity index (χ0) is 17.7. The van der Waals surface area contributed by atoms with Crippen molar-refractivity contribution in [3.05, 3.63) is 22.5 Å². The maximum absolute atomic E-state index is 12.3. The molecule has 0 saturated heterocycles. The van der Waals surface area contributed by atoms with Crippen LogP contribution in [-0.4, -0.2) is 35.6 Å². The molecule has 8 heteroatoms. The average Bonchev–Trinajstić information content (AvgIpc) is 2.77. The largest absolute Gasteiger partial charge is 0.462 e. The first-order valence-corrected chi connectivity index (χ1v) is 7.37. The van der Waals surface area contributed by atoms with Crippen LogP contribution in [0.3, 0.4) is 0 Å². The Morgan fingerprint density at radius 1 is 1.04 bits per heavy atom. The van der Waals surface area contributed by atoms with E-state index in [9.17, 15) is 14.4 Å². The molecule has 1 rings (SSSR count). The first-order valence-electron chi connectivity index (χ1n) is 7.37. The molecular formula is C15H23N3O5. The lowest BCUT2D eigenvalue weighted by molar-refractivity contribution is -0.124. The van der Waals surface area contributed by atoms with Crippen molar-refractivity contribution >= 4 is 17.8 Å². The fraction of sp³-hybridized carbons (Fsp3) is 0.533. The molecule has 3 N–H and O–H groups in total. The standard InChI is InChI=1S/C15H23N3O5/c1-6-22-14(20)11-8(3)18(10(5)13(19)17-16)9(4)12(11)15(21)23-7-2/h10H,6-7,16H2,1-5H3,(H,17,19). The molecule has 1 heterocycles. The minimum atomic E-state index is -0.698. The van der Waals surface area contributed by atoms with Gasteiger partial charge in [-0.25, -0.2) is 15.4 Å². The number of nitrogens with zero attached hydrogens (tertiary/aromatic N) is 1. The summed E-state index contributed by atoms with van der Waals surface area (Å²) in [6.45, 7) is 8.58. The number of aromatic nitrogens is 1. The number of nitrogens with two attached hydrogens (primary N) is 1. The van der Waals surface area contributed by atoms with Crippen molar-refractivity contribution in [2.75, 3.05) is 13.2 Å². The first kappa shape index (κ1) is 18.7. The van der Waals surface area contributed by atoms with Gasteiger partial charge in [0.05, 0.1) is 24.3 Å². The van der Waals surface area contributed by atoms with Gasteiger partial charge in [0, 0.05) is 11.4 Å². The minimum Gasteiger partial charge on any atom is -0.462 e. The molecule has 1 unspecified atom stereocenters. The number of hydrazine groups is 1. The topological polar surface area (TPSA) is 113 Å². The Kier molecular flexibility index (Phi) is 6.32. The Labute approximate surface area is 134 Å². The van der Waals surface area contributed by atoms with Gasteiger partial charge in [0.2, 0.25) is 0 Å². The molecule has 0 spiro atoms. The maximum atomic E-state index is 12.3. The Morgan fingerprint density at radius 3 is 1.74 bits per heavy atom. The number of carbonyl (C=O) groups is 3. The molecule has 0 radical (unpaired) electrons. The second-order valence-electron chi connectivity index (χ2n) is 4.92. The summed E-state index contributed by atoms with van der Waals surface area (Å²) in [5.74, 6) is 3.47. The third-order valence-electron chi connectivity index (χ3n) is 3.56. The van der Waals surface area contributed by atoms with E-state index in [1.807, 2.05) is 0 Å². The number of esters is 2. The minimum absolute atomic E-state index is 0.111. The highest BCUT2D eigenvalue weighted by Gasteiger charge is 2.32. The Hall–Kier alpha value is -2.35. The van der Waals surface area contributed by atoms with E-state index in [4.69, 9.17) is 15.3 Å². The first-order chi connectivity index (χ1) is 10.8. The number of ether oxygens (including phenoxy) is 2. The number of hydrogen-bond donors (Lipinski definition) is 2. The molecule has 23 heavy (non-hydrogen) atoms. The van der Waals surface area contributed by atoms with E-state index in [0.29, 0.717) is 11.4 Å². The molecule has 0 aliphatic rings. The van der Waals surface area contributed by atoms with Crippen molar-refractivity contribution in [1.29, 1.82) is 0 Å². The third-order valence-corrected chi connectivity index (χ3v) is 3.56. The van der Waals surface area contributed by atoms with Gasteiger partial charge in [-0.05, 0) is 34.6 Å². The molecule has 1 aromatic heterocycles. The van der Waals surface area contributed by atoms with Crippen LogP contribution < -0.4 is 11.3 Å². The van der Waals surface area contributed by atoms with Crippen molar-refractivity contribution in [2.45, 2.75) is 40.7 Å². The van der Waals surface area contributed by atoms with E-state index in [0.717, 1.165) is 0 Å².